The van der Waals surface area contributed by atoms with Crippen LogP contribution in [-0.2, 0) is 13.1 Å². The third-order valence-electron chi connectivity index (χ3n) is 2.97. The molecule has 2 rings (SSSR count). The van der Waals surface area contributed by atoms with Crippen LogP contribution in [0.25, 0.3) is 0 Å². The lowest BCUT2D eigenvalue weighted by atomic mass is 10.1. The number of hydrogen-bond acceptors (Lipinski definition) is 2. The maximum Gasteiger partial charge on any atom is 0.253 e. The third kappa shape index (κ3) is 3.15. The normalized spacial score (nSPS) is 10.3. The van der Waals surface area contributed by atoms with Crippen LogP contribution in [0.5, 0.6) is 0 Å². The number of nitrogens with two attached hydrogens (primary N) is 1. The molecule has 3 nitrogen and oxygen atoms in total. The van der Waals surface area contributed by atoms with Gasteiger partial charge < -0.3 is 11.1 Å². The van der Waals surface area contributed by atoms with Gasteiger partial charge in [0.25, 0.3) is 5.91 Å². The van der Waals surface area contributed by atoms with Crippen LogP contribution >= 0.6 is 11.6 Å². The summed E-state index contributed by atoms with van der Waals surface area (Å²) in [5, 5.41) is 2.54. The molecule has 20 heavy (non-hydrogen) atoms. The van der Waals surface area contributed by atoms with E-state index in [1.807, 2.05) is 24.3 Å². The minimum absolute atomic E-state index is 0.122. The summed E-state index contributed by atoms with van der Waals surface area (Å²) in [7, 11) is 0. The summed E-state index contributed by atoms with van der Waals surface area (Å²) in [4.78, 5) is 12.0. The molecule has 0 aliphatic rings. The van der Waals surface area contributed by atoms with Gasteiger partial charge in [-0.25, -0.2) is 4.39 Å². The zero-order valence-electron chi connectivity index (χ0n) is 10.7. The molecule has 1 amide bonds. The number of rotatable bonds is 4. The first-order valence-electron chi connectivity index (χ1n) is 6.12. The molecule has 0 saturated heterocycles. The highest BCUT2D eigenvalue weighted by Crippen LogP contribution is 2.19. The Hall–Kier alpha value is -1.91. The molecule has 104 valence electrons. The molecule has 0 radical (unpaired) electrons. The minimum Gasteiger partial charge on any atom is -0.348 e. The Kier molecular flexibility index (Phi) is 4.71. The molecular weight excluding hydrogens is 279 g/mol. The number of carbonyl (C=O) groups is 1. The van der Waals surface area contributed by atoms with Gasteiger partial charge in [0.05, 0.1) is 10.6 Å². The lowest BCUT2D eigenvalue weighted by Gasteiger charge is -2.10. The molecular formula is C15H14ClFN2O. The van der Waals surface area contributed by atoms with E-state index in [2.05, 4.69) is 5.32 Å². The molecule has 0 aliphatic heterocycles. The van der Waals surface area contributed by atoms with Crippen molar-refractivity contribution in [3.63, 3.8) is 0 Å². The van der Waals surface area contributed by atoms with E-state index >= 15 is 0 Å². The monoisotopic (exact) mass is 292 g/mol. The highest BCUT2D eigenvalue weighted by atomic mass is 35.5. The predicted molar refractivity (Wildman–Crippen MR) is 76.9 cm³/mol. The molecule has 0 bridgehead atoms. The van der Waals surface area contributed by atoms with Crippen molar-refractivity contribution in [3.8, 4) is 0 Å². The predicted octanol–water partition coefficient (Wildman–Crippen LogP) is 2.87. The molecule has 0 atom stereocenters. The molecule has 3 N–H and O–H groups in total. The maximum atomic E-state index is 13.3. The fourth-order valence-corrected chi connectivity index (χ4v) is 2.09. The van der Waals surface area contributed by atoms with Gasteiger partial charge in [-0.2, -0.15) is 0 Å². The largest absolute Gasteiger partial charge is 0.348 e. The topological polar surface area (TPSA) is 55.1 Å². The zero-order valence-corrected chi connectivity index (χ0v) is 11.5. The van der Waals surface area contributed by atoms with Gasteiger partial charge in [-0.3, -0.25) is 4.79 Å². The summed E-state index contributed by atoms with van der Waals surface area (Å²) in [6.07, 6.45) is 0. The van der Waals surface area contributed by atoms with Crippen LogP contribution in [-0.4, -0.2) is 5.91 Å². The Morgan fingerprint density at radius 1 is 1.15 bits per heavy atom. The van der Waals surface area contributed by atoms with Gasteiger partial charge in [0, 0.05) is 13.1 Å². The molecule has 2 aromatic rings. The lowest BCUT2D eigenvalue weighted by molar-refractivity contribution is 0.0950. The smallest absolute Gasteiger partial charge is 0.253 e. The van der Waals surface area contributed by atoms with Gasteiger partial charge in [0.15, 0.2) is 0 Å². The summed E-state index contributed by atoms with van der Waals surface area (Å²) in [5.41, 5.74) is 7.63. The fourth-order valence-electron chi connectivity index (χ4n) is 1.88. The number of hydrogen-bond donors (Lipinski definition) is 2. The van der Waals surface area contributed by atoms with Gasteiger partial charge in [-0.15, -0.1) is 0 Å². The van der Waals surface area contributed by atoms with Crippen molar-refractivity contribution in [2.24, 2.45) is 5.73 Å². The fraction of sp³-hybridized carbons (Fsp3) is 0.133. The maximum absolute atomic E-state index is 13.3. The van der Waals surface area contributed by atoms with Crippen molar-refractivity contribution < 1.29 is 9.18 Å². The molecule has 0 heterocycles. The minimum atomic E-state index is -0.610. The van der Waals surface area contributed by atoms with E-state index < -0.39 is 11.7 Å². The van der Waals surface area contributed by atoms with Gasteiger partial charge in [0.1, 0.15) is 5.82 Å². The Morgan fingerprint density at radius 3 is 2.55 bits per heavy atom. The summed E-state index contributed by atoms with van der Waals surface area (Å²) in [5.74, 6) is -1.03. The van der Waals surface area contributed by atoms with Crippen molar-refractivity contribution in [1.29, 1.82) is 0 Å². The van der Waals surface area contributed by atoms with Crippen molar-refractivity contribution >= 4 is 17.5 Å². The zero-order chi connectivity index (χ0) is 14.5. The van der Waals surface area contributed by atoms with Crippen LogP contribution in [0, 0.1) is 5.82 Å². The van der Waals surface area contributed by atoms with E-state index in [1.165, 1.54) is 18.2 Å². The summed E-state index contributed by atoms with van der Waals surface area (Å²) in [6, 6.07) is 11.7. The molecule has 0 spiro atoms. The molecule has 2 aromatic carbocycles. The average molecular weight is 293 g/mol. The van der Waals surface area contributed by atoms with E-state index in [0.29, 0.717) is 13.1 Å². The first-order valence-corrected chi connectivity index (χ1v) is 6.50. The van der Waals surface area contributed by atoms with E-state index in [1.54, 1.807) is 0 Å². The van der Waals surface area contributed by atoms with Gasteiger partial charge in [-0.1, -0.05) is 41.9 Å². The van der Waals surface area contributed by atoms with Crippen LogP contribution in [0.1, 0.15) is 21.5 Å². The van der Waals surface area contributed by atoms with Crippen LogP contribution in [0.2, 0.25) is 5.02 Å². The number of carbonyl (C=O) groups excluding carboxylic acids is 1. The number of benzene rings is 2. The second kappa shape index (κ2) is 6.50. The van der Waals surface area contributed by atoms with Gasteiger partial charge in [-0.05, 0) is 23.3 Å². The highest BCUT2D eigenvalue weighted by Gasteiger charge is 2.13. The first kappa shape index (κ1) is 14.5. The van der Waals surface area contributed by atoms with Crippen molar-refractivity contribution in [2.75, 3.05) is 0 Å². The number of nitrogens with one attached hydrogen (secondary N) is 1. The van der Waals surface area contributed by atoms with Crippen molar-refractivity contribution in [3.05, 3.63) is 70.0 Å². The highest BCUT2D eigenvalue weighted by molar-refractivity contribution is 6.34. The van der Waals surface area contributed by atoms with Crippen LogP contribution in [0.15, 0.2) is 42.5 Å². The van der Waals surface area contributed by atoms with Crippen molar-refractivity contribution in [1.82, 2.24) is 5.32 Å². The molecule has 0 fully saturated rings. The summed E-state index contributed by atoms with van der Waals surface area (Å²) >= 11 is 5.77. The summed E-state index contributed by atoms with van der Waals surface area (Å²) in [6.45, 7) is 0.714. The van der Waals surface area contributed by atoms with Crippen LogP contribution in [0.3, 0.4) is 0 Å². The summed E-state index contributed by atoms with van der Waals surface area (Å²) < 4.78 is 13.3. The Bertz CT molecular complexity index is 631. The quantitative estimate of drug-likeness (QED) is 0.910. The van der Waals surface area contributed by atoms with E-state index in [4.69, 9.17) is 17.3 Å². The Balaban J connectivity index is 2.11. The Labute approximate surface area is 121 Å². The van der Waals surface area contributed by atoms with E-state index in [9.17, 15) is 9.18 Å². The standard InChI is InChI=1S/C15H14ClFN2O/c16-14-12(6-3-7-13(14)17)15(20)19-9-11-5-2-1-4-10(11)8-18/h1-7H,8-9,18H2,(H,19,20). The number of amides is 1. The SMILES string of the molecule is NCc1ccccc1CNC(=O)c1cccc(F)c1Cl. The van der Waals surface area contributed by atoms with Crippen LogP contribution < -0.4 is 11.1 Å². The second-order valence-corrected chi connectivity index (χ2v) is 4.63. The Morgan fingerprint density at radius 2 is 1.85 bits per heavy atom. The third-order valence-corrected chi connectivity index (χ3v) is 3.36. The average Bonchev–Trinajstić information content (AvgIpc) is 2.48. The number of halogens is 2. The molecule has 0 unspecified atom stereocenters. The molecule has 5 heteroatoms. The second-order valence-electron chi connectivity index (χ2n) is 4.26. The van der Waals surface area contributed by atoms with Gasteiger partial charge in [0.2, 0.25) is 0 Å². The van der Waals surface area contributed by atoms with E-state index in [0.717, 1.165) is 11.1 Å². The first-order chi connectivity index (χ1) is 9.63. The molecule has 0 aliphatic carbocycles. The van der Waals surface area contributed by atoms with E-state index in [-0.39, 0.29) is 10.6 Å². The van der Waals surface area contributed by atoms with Crippen molar-refractivity contribution in [2.45, 2.75) is 13.1 Å². The molecule has 0 aromatic heterocycles. The lowest BCUT2D eigenvalue weighted by Crippen LogP contribution is -2.24. The molecule has 0 saturated carbocycles. The van der Waals surface area contributed by atoms with Crippen LogP contribution in [0.4, 0.5) is 4.39 Å². The van der Waals surface area contributed by atoms with Gasteiger partial charge >= 0.3 is 0 Å².